The van der Waals surface area contributed by atoms with E-state index < -0.39 is 12.0 Å². The topological polar surface area (TPSA) is 44.5 Å². The van der Waals surface area contributed by atoms with Crippen LogP contribution in [0.15, 0.2) is 18.2 Å². The van der Waals surface area contributed by atoms with Crippen molar-refractivity contribution in [1.82, 2.24) is 0 Å². The number of rotatable bonds is 1. The summed E-state index contributed by atoms with van der Waals surface area (Å²) < 4.78 is 45.8. The summed E-state index contributed by atoms with van der Waals surface area (Å²) in [5, 5.41) is 0. The van der Waals surface area contributed by atoms with Gasteiger partial charge < -0.3 is 15.2 Å². The zero-order valence-electron chi connectivity index (χ0n) is 10.0. The predicted octanol–water partition coefficient (Wildman–Crippen LogP) is 3.15. The van der Waals surface area contributed by atoms with Crippen LogP contribution in [0.1, 0.15) is 31.9 Å². The molecule has 0 amide bonds. The molecule has 0 saturated carbocycles. The normalized spacial score (nSPS) is 22.0. The smallest absolute Gasteiger partial charge is 0.487 e. The van der Waals surface area contributed by atoms with E-state index in [0.29, 0.717) is 17.7 Å². The first-order chi connectivity index (χ1) is 8.16. The Balaban J connectivity index is 2.31. The second kappa shape index (κ2) is 4.05. The van der Waals surface area contributed by atoms with Crippen LogP contribution >= 0.6 is 0 Å². The molecular weight excluding hydrogens is 247 g/mol. The molecule has 0 aromatic heterocycles. The number of hydrogen-bond donors (Lipinski definition) is 1. The Morgan fingerprint density at radius 2 is 2.06 bits per heavy atom. The molecule has 2 rings (SSSR count). The summed E-state index contributed by atoms with van der Waals surface area (Å²) in [6.45, 7) is 3.68. The first-order valence-electron chi connectivity index (χ1n) is 5.51. The monoisotopic (exact) mass is 261 g/mol. The summed E-state index contributed by atoms with van der Waals surface area (Å²) in [6.07, 6.45) is -4.10. The molecule has 0 fully saturated rings. The van der Waals surface area contributed by atoms with Gasteiger partial charge in [0.25, 0.3) is 0 Å². The molecule has 1 heterocycles. The van der Waals surface area contributed by atoms with Crippen LogP contribution in [0.3, 0.4) is 0 Å². The van der Waals surface area contributed by atoms with Crippen molar-refractivity contribution in [2.45, 2.75) is 38.3 Å². The summed E-state index contributed by atoms with van der Waals surface area (Å²) in [6, 6.07) is 3.73. The Labute approximate surface area is 103 Å². The third kappa shape index (κ3) is 2.87. The maximum Gasteiger partial charge on any atom is 0.573 e. The molecule has 1 atom stereocenters. The molecule has 1 aromatic carbocycles. The Kier molecular flexibility index (Phi) is 2.93. The van der Waals surface area contributed by atoms with Crippen LogP contribution in [0.2, 0.25) is 0 Å². The summed E-state index contributed by atoms with van der Waals surface area (Å²) in [5.41, 5.74) is 6.16. The molecular formula is C12H14F3NO2. The Hall–Kier alpha value is -1.43. The fraction of sp³-hybridized carbons (Fsp3) is 0.500. The van der Waals surface area contributed by atoms with Gasteiger partial charge in [0, 0.05) is 24.1 Å². The number of nitrogens with two attached hydrogens (primary N) is 1. The van der Waals surface area contributed by atoms with Crippen molar-refractivity contribution in [1.29, 1.82) is 0 Å². The van der Waals surface area contributed by atoms with Gasteiger partial charge in [0.15, 0.2) is 0 Å². The third-order valence-electron chi connectivity index (χ3n) is 2.72. The van der Waals surface area contributed by atoms with Crippen LogP contribution in [0, 0.1) is 0 Å². The molecule has 1 aliphatic rings. The highest BCUT2D eigenvalue weighted by Gasteiger charge is 2.34. The van der Waals surface area contributed by atoms with E-state index >= 15 is 0 Å². The molecule has 0 aliphatic carbocycles. The van der Waals surface area contributed by atoms with Crippen molar-refractivity contribution in [3.8, 4) is 11.5 Å². The van der Waals surface area contributed by atoms with Crippen LogP contribution in [-0.4, -0.2) is 12.0 Å². The Morgan fingerprint density at radius 3 is 2.67 bits per heavy atom. The fourth-order valence-electron chi connectivity index (χ4n) is 2.09. The van der Waals surface area contributed by atoms with Gasteiger partial charge in [-0.15, -0.1) is 13.2 Å². The molecule has 1 aliphatic heterocycles. The SMILES string of the molecule is CC1(C)C[C@@H](N)c2ccc(OC(F)(F)F)cc2O1. The van der Waals surface area contributed by atoms with E-state index in [1.54, 1.807) is 0 Å². The van der Waals surface area contributed by atoms with E-state index in [0.717, 1.165) is 0 Å². The summed E-state index contributed by atoms with van der Waals surface area (Å²) >= 11 is 0. The molecule has 0 saturated heterocycles. The molecule has 0 unspecified atom stereocenters. The highest BCUT2D eigenvalue weighted by molar-refractivity contribution is 5.44. The van der Waals surface area contributed by atoms with E-state index in [1.807, 2.05) is 13.8 Å². The Bertz CT molecular complexity index is 457. The van der Waals surface area contributed by atoms with E-state index in [1.165, 1.54) is 18.2 Å². The van der Waals surface area contributed by atoms with Crippen LogP contribution < -0.4 is 15.2 Å². The van der Waals surface area contributed by atoms with Crippen LogP contribution in [-0.2, 0) is 0 Å². The van der Waals surface area contributed by atoms with Gasteiger partial charge in [-0.25, -0.2) is 0 Å². The lowest BCUT2D eigenvalue weighted by molar-refractivity contribution is -0.274. The minimum Gasteiger partial charge on any atom is -0.487 e. The highest BCUT2D eigenvalue weighted by atomic mass is 19.4. The van der Waals surface area contributed by atoms with Crippen molar-refractivity contribution in [2.24, 2.45) is 5.73 Å². The van der Waals surface area contributed by atoms with Gasteiger partial charge in [-0.05, 0) is 19.9 Å². The van der Waals surface area contributed by atoms with Crippen molar-refractivity contribution in [3.05, 3.63) is 23.8 Å². The zero-order valence-corrected chi connectivity index (χ0v) is 10.0. The highest BCUT2D eigenvalue weighted by Crippen LogP contribution is 2.40. The van der Waals surface area contributed by atoms with Crippen molar-refractivity contribution >= 4 is 0 Å². The Morgan fingerprint density at radius 1 is 1.39 bits per heavy atom. The van der Waals surface area contributed by atoms with Crippen LogP contribution in [0.25, 0.3) is 0 Å². The summed E-state index contributed by atoms with van der Waals surface area (Å²) in [7, 11) is 0. The molecule has 100 valence electrons. The maximum atomic E-state index is 12.1. The fourth-order valence-corrected chi connectivity index (χ4v) is 2.09. The summed E-state index contributed by atoms with van der Waals surface area (Å²) in [4.78, 5) is 0. The largest absolute Gasteiger partial charge is 0.573 e. The molecule has 0 bridgehead atoms. The number of ether oxygens (including phenoxy) is 2. The lowest BCUT2D eigenvalue weighted by Gasteiger charge is -2.36. The lowest BCUT2D eigenvalue weighted by Crippen LogP contribution is -2.37. The predicted molar refractivity (Wildman–Crippen MR) is 59.4 cm³/mol. The van der Waals surface area contributed by atoms with Gasteiger partial charge in [-0.1, -0.05) is 6.07 Å². The van der Waals surface area contributed by atoms with Gasteiger partial charge in [0.05, 0.1) is 0 Å². The van der Waals surface area contributed by atoms with Gasteiger partial charge in [0.2, 0.25) is 0 Å². The number of fused-ring (bicyclic) bond motifs is 1. The molecule has 2 N–H and O–H groups in total. The van der Waals surface area contributed by atoms with E-state index in [-0.39, 0.29) is 11.8 Å². The quantitative estimate of drug-likeness (QED) is 0.844. The second-order valence-electron chi connectivity index (χ2n) is 4.92. The number of hydrogen-bond acceptors (Lipinski definition) is 3. The average molecular weight is 261 g/mol. The lowest BCUT2D eigenvalue weighted by atomic mass is 9.90. The van der Waals surface area contributed by atoms with Crippen molar-refractivity contribution in [3.63, 3.8) is 0 Å². The van der Waals surface area contributed by atoms with Gasteiger partial charge >= 0.3 is 6.36 Å². The second-order valence-corrected chi connectivity index (χ2v) is 4.92. The average Bonchev–Trinajstić information content (AvgIpc) is 2.11. The molecule has 1 aromatic rings. The van der Waals surface area contributed by atoms with Crippen molar-refractivity contribution in [2.75, 3.05) is 0 Å². The standard InChI is InChI=1S/C12H14F3NO2/c1-11(2)6-9(16)8-4-3-7(5-10(8)18-11)17-12(13,14)15/h3-5,9H,6,16H2,1-2H3/t9-/m1/s1. The van der Waals surface area contributed by atoms with Gasteiger partial charge in [-0.3, -0.25) is 0 Å². The first-order valence-corrected chi connectivity index (χ1v) is 5.51. The summed E-state index contributed by atoms with van der Waals surface area (Å²) in [5.74, 6) is 0.0478. The van der Waals surface area contributed by atoms with Crippen LogP contribution in [0.4, 0.5) is 13.2 Å². The van der Waals surface area contributed by atoms with Crippen molar-refractivity contribution < 1.29 is 22.6 Å². The molecule has 0 radical (unpaired) electrons. The maximum absolute atomic E-state index is 12.1. The first kappa shape index (κ1) is 13.0. The molecule has 6 heteroatoms. The third-order valence-corrected chi connectivity index (χ3v) is 2.72. The van der Waals surface area contributed by atoms with Gasteiger partial charge in [0.1, 0.15) is 17.1 Å². The zero-order chi connectivity index (χ0) is 13.6. The molecule has 3 nitrogen and oxygen atoms in total. The van der Waals surface area contributed by atoms with Crippen LogP contribution in [0.5, 0.6) is 11.5 Å². The minimum atomic E-state index is -4.71. The number of halogens is 3. The van der Waals surface area contributed by atoms with Gasteiger partial charge in [-0.2, -0.15) is 0 Å². The molecule has 18 heavy (non-hydrogen) atoms. The van der Waals surface area contributed by atoms with E-state index in [4.69, 9.17) is 10.5 Å². The van der Waals surface area contributed by atoms with E-state index in [2.05, 4.69) is 4.74 Å². The number of alkyl halides is 3. The minimum absolute atomic E-state index is 0.247. The number of benzene rings is 1. The molecule has 0 spiro atoms. The van der Waals surface area contributed by atoms with E-state index in [9.17, 15) is 13.2 Å².